The van der Waals surface area contributed by atoms with Gasteiger partial charge in [0.15, 0.2) is 5.78 Å². The molecule has 28 heavy (non-hydrogen) atoms. The molecule has 2 rings (SSSR count). The second-order valence-corrected chi connectivity index (χ2v) is 7.91. The fraction of sp³-hybridized carbons (Fsp3) is 0.591. The topological polar surface area (TPSA) is 75.7 Å². The van der Waals surface area contributed by atoms with Crippen LogP contribution in [0.3, 0.4) is 0 Å². The van der Waals surface area contributed by atoms with Gasteiger partial charge in [0.1, 0.15) is 6.04 Å². The Balaban J connectivity index is 1.92. The quantitative estimate of drug-likeness (QED) is 0.695. The lowest BCUT2D eigenvalue weighted by Gasteiger charge is -2.31. The average Bonchev–Trinajstić information content (AvgIpc) is 2.67. The Kier molecular flexibility index (Phi) is 8.18. The number of carbonyl (C=O) groups is 3. The van der Waals surface area contributed by atoms with Crippen molar-refractivity contribution in [3.8, 4) is 0 Å². The standard InChI is InChI=1S/C22H32N2O4/c1-15(2)13-19(22(27)24-9-11-28-12-10-24)23-21(26)8-7-20(25)18-6-5-16(3)17(4)14-18/h5-6,14-15,19H,7-13H2,1-4H3,(H,23,26). The minimum absolute atomic E-state index is 0.0573. The number of morpholine rings is 1. The summed E-state index contributed by atoms with van der Waals surface area (Å²) in [5.74, 6) is -0.110. The van der Waals surface area contributed by atoms with E-state index < -0.39 is 6.04 Å². The highest BCUT2D eigenvalue weighted by atomic mass is 16.5. The molecule has 6 nitrogen and oxygen atoms in total. The smallest absolute Gasteiger partial charge is 0.245 e. The fourth-order valence-electron chi connectivity index (χ4n) is 3.25. The molecule has 1 fully saturated rings. The number of benzene rings is 1. The van der Waals surface area contributed by atoms with Crippen LogP contribution in [-0.2, 0) is 14.3 Å². The van der Waals surface area contributed by atoms with E-state index in [2.05, 4.69) is 5.32 Å². The number of hydrogen-bond acceptors (Lipinski definition) is 4. The van der Waals surface area contributed by atoms with E-state index in [1.165, 1.54) is 0 Å². The van der Waals surface area contributed by atoms with Crippen molar-refractivity contribution in [2.45, 2.75) is 53.0 Å². The number of hydrogen-bond donors (Lipinski definition) is 1. The van der Waals surface area contributed by atoms with Gasteiger partial charge in [-0.15, -0.1) is 0 Å². The maximum Gasteiger partial charge on any atom is 0.245 e. The van der Waals surface area contributed by atoms with Gasteiger partial charge in [0.05, 0.1) is 13.2 Å². The predicted octanol–water partition coefficient (Wildman–Crippen LogP) is 2.66. The molecule has 0 aliphatic carbocycles. The van der Waals surface area contributed by atoms with Crippen LogP contribution in [0.2, 0.25) is 0 Å². The summed E-state index contributed by atoms with van der Waals surface area (Å²) in [6, 6.07) is 5.02. The maximum atomic E-state index is 12.8. The molecule has 1 aromatic rings. The molecule has 1 aliphatic rings. The van der Waals surface area contributed by atoms with Crippen LogP contribution in [0.1, 0.15) is 54.6 Å². The summed E-state index contributed by atoms with van der Waals surface area (Å²) in [6.45, 7) is 10.2. The molecule has 0 spiro atoms. The highest BCUT2D eigenvalue weighted by Crippen LogP contribution is 2.13. The fourth-order valence-corrected chi connectivity index (χ4v) is 3.25. The molecule has 1 aliphatic heterocycles. The number of amides is 2. The Morgan fingerprint density at radius 3 is 2.36 bits per heavy atom. The van der Waals surface area contributed by atoms with Gasteiger partial charge in [-0.25, -0.2) is 0 Å². The summed E-state index contributed by atoms with van der Waals surface area (Å²) in [6.07, 6.45) is 0.790. The highest BCUT2D eigenvalue weighted by Gasteiger charge is 2.27. The Morgan fingerprint density at radius 1 is 1.07 bits per heavy atom. The second kappa shape index (κ2) is 10.4. The van der Waals surface area contributed by atoms with E-state index >= 15 is 0 Å². The van der Waals surface area contributed by atoms with Crippen molar-refractivity contribution in [2.24, 2.45) is 5.92 Å². The zero-order chi connectivity index (χ0) is 20.7. The third-order valence-corrected chi connectivity index (χ3v) is 5.07. The molecular weight excluding hydrogens is 356 g/mol. The van der Waals surface area contributed by atoms with Gasteiger partial charge >= 0.3 is 0 Å². The minimum Gasteiger partial charge on any atom is -0.378 e. The first-order valence-corrected chi connectivity index (χ1v) is 10.0. The van der Waals surface area contributed by atoms with Gasteiger partial charge < -0.3 is 15.0 Å². The summed E-state index contributed by atoms with van der Waals surface area (Å²) in [4.78, 5) is 39.3. The number of ether oxygens (including phenoxy) is 1. The van der Waals surface area contributed by atoms with E-state index in [-0.39, 0.29) is 36.4 Å². The number of rotatable bonds is 8. The lowest BCUT2D eigenvalue weighted by atomic mass is 10.00. The Bertz CT molecular complexity index is 708. The first-order valence-electron chi connectivity index (χ1n) is 10.0. The van der Waals surface area contributed by atoms with Crippen molar-refractivity contribution < 1.29 is 19.1 Å². The van der Waals surface area contributed by atoms with Gasteiger partial charge in [0.2, 0.25) is 11.8 Å². The van der Waals surface area contributed by atoms with Gasteiger partial charge in [0, 0.05) is 31.5 Å². The molecule has 154 valence electrons. The Morgan fingerprint density at radius 2 is 1.75 bits per heavy atom. The number of Topliss-reactive ketones (excluding diaryl/α,β-unsaturated/α-hetero) is 1. The number of carbonyl (C=O) groups excluding carboxylic acids is 3. The number of aryl methyl sites for hydroxylation is 2. The molecule has 6 heteroatoms. The molecule has 0 aromatic heterocycles. The normalized spacial score (nSPS) is 15.4. The Labute approximate surface area is 167 Å². The lowest BCUT2D eigenvalue weighted by molar-refractivity contribution is -0.140. The summed E-state index contributed by atoms with van der Waals surface area (Å²) in [5.41, 5.74) is 2.81. The van der Waals surface area contributed by atoms with E-state index in [0.29, 0.717) is 38.3 Å². The van der Waals surface area contributed by atoms with Crippen LogP contribution in [0.4, 0.5) is 0 Å². The lowest BCUT2D eigenvalue weighted by Crippen LogP contribution is -2.52. The number of nitrogens with one attached hydrogen (secondary N) is 1. The Hall–Kier alpha value is -2.21. The molecule has 1 atom stereocenters. The van der Waals surface area contributed by atoms with E-state index in [1.54, 1.807) is 11.0 Å². The van der Waals surface area contributed by atoms with Crippen LogP contribution in [-0.4, -0.2) is 54.8 Å². The predicted molar refractivity (Wildman–Crippen MR) is 108 cm³/mol. The SMILES string of the molecule is Cc1ccc(C(=O)CCC(=O)NC(CC(C)C)C(=O)N2CCOCC2)cc1C. The zero-order valence-electron chi connectivity index (χ0n) is 17.4. The molecule has 2 amide bonds. The summed E-state index contributed by atoms with van der Waals surface area (Å²) < 4.78 is 5.30. The van der Waals surface area contributed by atoms with Crippen LogP contribution >= 0.6 is 0 Å². The minimum atomic E-state index is -0.553. The first-order chi connectivity index (χ1) is 13.3. The molecular formula is C22H32N2O4. The van der Waals surface area contributed by atoms with Gasteiger partial charge in [0.25, 0.3) is 0 Å². The summed E-state index contributed by atoms with van der Waals surface area (Å²) in [5, 5.41) is 2.85. The van der Waals surface area contributed by atoms with Crippen molar-refractivity contribution in [3.63, 3.8) is 0 Å². The van der Waals surface area contributed by atoms with Crippen molar-refractivity contribution in [1.29, 1.82) is 0 Å². The van der Waals surface area contributed by atoms with Crippen molar-refractivity contribution in [3.05, 3.63) is 34.9 Å². The zero-order valence-corrected chi connectivity index (χ0v) is 17.4. The van der Waals surface area contributed by atoms with Crippen LogP contribution in [0.15, 0.2) is 18.2 Å². The van der Waals surface area contributed by atoms with Gasteiger partial charge in [-0.3, -0.25) is 14.4 Å². The average molecular weight is 389 g/mol. The number of ketones is 1. The maximum absolute atomic E-state index is 12.8. The van der Waals surface area contributed by atoms with Crippen molar-refractivity contribution in [2.75, 3.05) is 26.3 Å². The molecule has 1 aromatic carbocycles. The molecule has 1 heterocycles. The van der Waals surface area contributed by atoms with Crippen LogP contribution < -0.4 is 5.32 Å². The molecule has 1 unspecified atom stereocenters. The van der Waals surface area contributed by atoms with Crippen LogP contribution in [0.25, 0.3) is 0 Å². The van der Waals surface area contributed by atoms with E-state index in [1.807, 2.05) is 39.8 Å². The largest absolute Gasteiger partial charge is 0.378 e. The van der Waals surface area contributed by atoms with Gasteiger partial charge in [-0.1, -0.05) is 26.0 Å². The summed E-state index contributed by atoms with van der Waals surface area (Å²) >= 11 is 0. The van der Waals surface area contributed by atoms with E-state index in [9.17, 15) is 14.4 Å². The van der Waals surface area contributed by atoms with Crippen molar-refractivity contribution in [1.82, 2.24) is 10.2 Å². The van der Waals surface area contributed by atoms with Crippen LogP contribution in [0.5, 0.6) is 0 Å². The molecule has 0 radical (unpaired) electrons. The number of nitrogens with zero attached hydrogens (tertiary/aromatic N) is 1. The molecule has 1 N–H and O–H groups in total. The molecule has 0 bridgehead atoms. The molecule has 0 saturated carbocycles. The van der Waals surface area contributed by atoms with E-state index in [4.69, 9.17) is 4.74 Å². The van der Waals surface area contributed by atoms with Gasteiger partial charge in [-0.05, 0) is 43.4 Å². The monoisotopic (exact) mass is 388 g/mol. The van der Waals surface area contributed by atoms with Gasteiger partial charge in [-0.2, -0.15) is 0 Å². The summed E-state index contributed by atoms with van der Waals surface area (Å²) in [7, 11) is 0. The third kappa shape index (κ3) is 6.44. The molecule has 1 saturated heterocycles. The van der Waals surface area contributed by atoms with Crippen molar-refractivity contribution >= 4 is 17.6 Å². The second-order valence-electron chi connectivity index (χ2n) is 7.91. The highest BCUT2D eigenvalue weighted by molar-refractivity contribution is 5.98. The van der Waals surface area contributed by atoms with E-state index in [0.717, 1.165) is 11.1 Å². The third-order valence-electron chi connectivity index (χ3n) is 5.07. The first kappa shape index (κ1) is 22.1. The van der Waals surface area contributed by atoms with Crippen LogP contribution in [0, 0.1) is 19.8 Å².